The number of likely N-dealkylation sites (N-methyl/N-ethyl adjacent to an activating group) is 1. The molecule has 0 spiro atoms. The molecule has 22 heavy (non-hydrogen) atoms. The zero-order valence-corrected chi connectivity index (χ0v) is 13.7. The second-order valence-electron chi connectivity index (χ2n) is 5.26. The van der Waals surface area contributed by atoms with Crippen molar-refractivity contribution >= 4 is 17.5 Å². The Hall–Kier alpha value is -1.84. The summed E-state index contributed by atoms with van der Waals surface area (Å²) in [7, 11) is 1.91. The predicted octanol–water partition coefficient (Wildman–Crippen LogP) is 3.59. The first-order chi connectivity index (χ1) is 10.6. The van der Waals surface area contributed by atoms with Gasteiger partial charge in [-0.3, -0.25) is 4.79 Å². The number of carbonyl (C=O) groups excluding carboxylic acids is 1. The minimum Gasteiger partial charge on any atom is -0.346 e. The zero-order chi connectivity index (χ0) is 15.9. The molecule has 2 rings (SSSR count). The summed E-state index contributed by atoms with van der Waals surface area (Å²) in [4.78, 5) is 12.5. The maximum atomic E-state index is 12.5. The maximum absolute atomic E-state index is 12.5. The average molecular weight is 317 g/mol. The van der Waals surface area contributed by atoms with Crippen LogP contribution in [0.1, 0.15) is 34.5 Å². The number of nitrogens with one attached hydrogen (secondary N) is 2. The minimum absolute atomic E-state index is 0.0563. The minimum atomic E-state index is -0.0939. The Kier molecular flexibility index (Phi) is 5.99. The molecule has 0 aliphatic rings. The fraction of sp³-hybridized carbons (Fsp3) is 0.278. The molecule has 0 fully saturated rings. The summed E-state index contributed by atoms with van der Waals surface area (Å²) in [5.41, 5.74) is 2.77. The number of benzene rings is 2. The van der Waals surface area contributed by atoms with Gasteiger partial charge in [0.15, 0.2) is 0 Å². The Morgan fingerprint density at radius 1 is 1.18 bits per heavy atom. The van der Waals surface area contributed by atoms with Gasteiger partial charge in [0.2, 0.25) is 0 Å². The van der Waals surface area contributed by atoms with E-state index in [2.05, 4.69) is 10.6 Å². The van der Waals surface area contributed by atoms with E-state index in [-0.39, 0.29) is 11.9 Å². The van der Waals surface area contributed by atoms with E-state index >= 15 is 0 Å². The van der Waals surface area contributed by atoms with E-state index in [4.69, 9.17) is 11.6 Å². The summed E-state index contributed by atoms with van der Waals surface area (Å²) in [5.74, 6) is -0.0563. The molecule has 4 heteroatoms. The summed E-state index contributed by atoms with van der Waals surface area (Å²) in [6.45, 7) is 2.80. The van der Waals surface area contributed by atoms with Crippen LogP contribution >= 0.6 is 11.6 Å². The quantitative estimate of drug-likeness (QED) is 0.855. The van der Waals surface area contributed by atoms with Crippen LogP contribution in [0.5, 0.6) is 0 Å². The Morgan fingerprint density at radius 2 is 1.95 bits per heavy atom. The average Bonchev–Trinajstić information content (AvgIpc) is 2.53. The molecule has 3 nitrogen and oxygen atoms in total. The SMILES string of the molecule is CNCCc1ccccc1C(=O)N[C@H](C)c1cccc(Cl)c1. The van der Waals surface area contributed by atoms with Crippen molar-refractivity contribution in [2.75, 3.05) is 13.6 Å². The second kappa shape index (κ2) is 7.97. The van der Waals surface area contributed by atoms with Crippen LogP contribution in [0, 0.1) is 0 Å². The van der Waals surface area contributed by atoms with E-state index in [9.17, 15) is 4.79 Å². The molecule has 0 bridgehead atoms. The second-order valence-corrected chi connectivity index (χ2v) is 5.70. The summed E-state index contributed by atoms with van der Waals surface area (Å²) in [5, 5.41) is 6.82. The fourth-order valence-electron chi connectivity index (χ4n) is 2.35. The van der Waals surface area contributed by atoms with E-state index < -0.39 is 0 Å². The van der Waals surface area contributed by atoms with Gasteiger partial charge in [0.25, 0.3) is 5.91 Å². The fourth-order valence-corrected chi connectivity index (χ4v) is 2.55. The number of halogens is 1. The van der Waals surface area contributed by atoms with Crippen molar-refractivity contribution in [2.24, 2.45) is 0 Å². The van der Waals surface area contributed by atoms with Crippen LogP contribution in [0.25, 0.3) is 0 Å². The molecule has 0 aliphatic carbocycles. The van der Waals surface area contributed by atoms with Crippen molar-refractivity contribution in [3.05, 3.63) is 70.2 Å². The third-order valence-corrected chi connectivity index (χ3v) is 3.84. The number of rotatable bonds is 6. The molecule has 0 radical (unpaired) electrons. The molecule has 0 heterocycles. The lowest BCUT2D eigenvalue weighted by molar-refractivity contribution is 0.0939. The van der Waals surface area contributed by atoms with Gasteiger partial charge in [0, 0.05) is 10.6 Å². The highest BCUT2D eigenvalue weighted by atomic mass is 35.5. The standard InChI is InChI=1S/C18H21ClN2O/c1-13(15-7-5-8-16(19)12-15)21-18(22)17-9-4-3-6-14(17)10-11-20-2/h3-9,12-13,20H,10-11H2,1-2H3,(H,21,22)/t13-/m1/s1. The van der Waals surface area contributed by atoms with Gasteiger partial charge in [-0.2, -0.15) is 0 Å². The van der Waals surface area contributed by atoms with Gasteiger partial charge in [0.1, 0.15) is 0 Å². The van der Waals surface area contributed by atoms with Crippen molar-refractivity contribution in [3.63, 3.8) is 0 Å². The lowest BCUT2D eigenvalue weighted by atomic mass is 10.0. The zero-order valence-electron chi connectivity index (χ0n) is 12.9. The number of amides is 1. The summed E-state index contributed by atoms with van der Waals surface area (Å²) < 4.78 is 0. The van der Waals surface area contributed by atoms with Gasteiger partial charge in [-0.15, -0.1) is 0 Å². The van der Waals surface area contributed by atoms with Crippen molar-refractivity contribution in [1.82, 2.24) is 10.6 Å². The largest absolute Gasteiger partial charge is 0.346 e. The van der Waals surface area contributed by atoms with Gasteiger partial charge >= 0.3 is 0 Å². The summed E-state index contributed by atoms with van der Waals surface area (Å²) >= 11 is 6.01. The van der Waals surface area contributed by atoms with Crippen LogP contribution in [0.4, 0.5) is 0 Å². The van der Waals surface area contributed by atoms with Gasteiger partial charge in [-0.25, -0.2) is 0 Å². The highest BCUT2D eigenvalue weighted by molar-refractivity contribution is 6.30. The predicted molar refractivity (Wildman–Crippen MR) is 91.4 cm³/mol. The smallest absolute Gasteiger partial charge is 0.252 e. The molecule has 1 amide bonds. The Morgan fingerprint density at radius 3 is 2.68 bits per heavy atom. The van der Waals surface area contributed by atoms with Gasteiger partial charge < -0.3 is 10.6 Å². The Labute approximate surface area is 136 Å². The molecule has 0 saturated heterocycles. The van der Waals surface area contributed by atoms with Crippen molar-refractivity contribution in [1.29, 1.82) is 0 Å². The molecule has 2 N–H and O–H groups in total. The molecule has 2 aromatic carbocycles. The van der Waals surface area contributed by atoms with Crippen LogP contribution in [-0.2, 0) is 6.42 Å². The van der Waals surface area contributed by atoms with Crippen LogP contribution < -0.4 is 10.6 Å². The molecular weight excluding hydrogens is 296 g/mol. The monoisotopic (exact) mass is 316 g/mol. The van der Waals surface area contributed by atoms with E-state index in [0.29, 0.717) is 5.02 Å². The summed E-state index contributed by atoms with van der Waals surface area (Å²) in [6.07, 6.45) is 0.825. The molecule has 0 saturated carbocycles. The van der Waals surface area contributed by atoms with Gasteiger partial charge in [0.05, 0.1) is 6.04 Å². The van der Waals surface area contributed by atoms with E-state index in [1.165, 1.54) is 0 Å². The third-order valence-electron chi connectivity index (χ3n) is 3.60. The third kappa shape index (κ3) is 4.33. The van der Waals surface area contributed by atoms with Crippen LogP contribution in [-0.4, -0.2) is 19.5 Å². The van der Waals surface area contributed by atoms with Gasteiger partial charge in [-0.1, -0.05) is 41.9 Å². The molecule has 0 aliphatic heterocycles. The van der Waals surface area contributed by atoms with Crippen LogP contribution in [0.3, 0.4) is 0 Å². The first kappa shape index (κ1) is 16.5. The normalized spacial score (nSPS) is 12.0. The molecule has 1 atom stereocenters. The van der Waals surface area contributed by atoms with Crippen LogP contribution in [0.15, 0.2) is 48.5 Å². The molecule has 2 aromatic rings. The van der Waals surface area contributed by atoms with Crippen molar-refractivity contribution < 1.29 is 4.79 Å². The topological polar surface area (TPSA) is 41.1 Å². The number of carbonyl (C=O) groups is 1. The van der Waals surface area contributed by atoms with Gasteiger partial charge in [-0.05, 0) is 56.3 Å². The lowest BCUT2D eigenvalue weighted by Crippen LogP contribution is -2.28. The van der Waals surface area contributed by atoms with Crippen molar-refractivity contribution in [3.8, 4) is 0 Å². The number of hydrogen-bond donors (Lipinski definition) is 2. The number of hydrogen-bond acceptors (Lipinski definition) is 2. The first-order valence-corrected chi connectivity index (χ1v) is 7.78. The van der Waals surface area contributed by atoms with Crippen molar-refractivity contribution in [2.45, 2.75) is 19.4 Å². The highest BCUT2D eigenvalue weighted by Crippen LogP contribution is 2.18. The maximum Gasteiger partial charge on any atom is 0.252 e. The Balaban J connectivity index is 2.12. The lowest BCUT2D eigenvalue weighted by Gasteiger charge is -2.16. The summed E-state index contributed by atoms with van der Waals surface area (Å²) in [6, 6.07) is 15.2. The molecule has 116 valence electrons. The molecule has 0 aromatic heterocycles. The highest BCUT2D eigenvalue weighted by Gasteiger charge is 2.14. The van der Waals surface area contributed by atoms with E-state index in [0.717, 1.165) is 29.7 Å². The van der Waals surface area contributed by atoms with E-state index in [1.807, 2.05) is 62.5 Å². The first-order valence-electron chi connectivity index (χ1n) is 7.40. The van der Waals surface area contributed by atoms with E-state index in [1.54, 1.807) is 0 Å². The molecular formula is C18H21ClN2O. The Bertz CT molecular complexity index is 642. The van der Waals surface area contributed by atoms with Crippen LogP contribution in [0.2, 0.25) is 5.02 Å². The molecule has 0 unspecified atom stereocenters.